The van der Waals surface area contributed by atoms with Crippen molar-refractivity contribution < 1.29 is 10.6 Å². The SMILES string of the molecule is CC#N.CO.ClC(Cl)Cl.O. The van der Waals surface area contributed by atoms with Gasteiger partial charge in [0.2, 0.25) is 0 Å². The van der Waals surface area contributed by atoms with Crippen LogP contribution in [0.3, 0.4) is 0 Å². The third kappa shape index (κ3) is 5600. The maximum atomic E-state index is 7.32. The number of hydrogen-bond acceptors (Lipinski definition) is 2. The monoisotopic (exact) mass is 209 g/mol. The van der Waals surface area contributed by atoms with Crippen molar-refractivity contribution in [1.29, 1.82) is 5.26 Å². The van der Waals surface area contributed by atoms with Crippen LogP contribution in [0.5, 0.6) is 0 Å². The smallest absolute Gasteiger partial charge is 0.180 e. The van der Waals surface area contributed by atoms with E-state index in [1.165, 1.54) is 6.92 Å². The molecule has 0 fully saturated rings. The Labute approximate surface area is 75.4 Å². The van der Waals surface area contributed by atoms with E-state index in [0.29, 0.717) is 0 Å². The van der Waals surface area contributed by atoms with E-state index in [2.05, 4.69) is 0 Å². The molecule has 0 bridgehead atoms. The molecule has 0 aromatic rings. The maximum absolute atomic E-state index is 7.32. The lowest BCUT2D eigenvalue weighted by atomic mass is 11.0. The van der Waals surface area contributed by atoms with Crippen LogP contribution in [-0.2, 0) is 0 Å². The molecule has 0 amide bonds. The lowest BCUT2D eigenvalue weighted by molar-refractivity contribution is 0.399. The first-order valence-electron chi connectivity index (χ1n) is 1.83. The fourth-order valence-corrected chi connectivity index (χ4v) is 0. The summed E-state index contributed by atoms with van der Waals surface area (Å²) in [6.45, 7) is 1.43. The summed E-state index contributed by atoms with van der Waals surface area (Å²) in [5.74, 6) is 0. The normalized spacial score (nSPS) is 5.00. The Balaban J connectivity index is -0.0000000273. The summed E-state index contributed by atoms with van der Waals surface area (Å²) in [5.41, 5.74) is 0. The molecule has 0 aliphatic rings. The summed E-state index contributed by atoms with van der Waals surface area (Å²) in [6, 6.07) is 1.75. The van der Waals surface area contributed by atoms with Crippen molar-refractivity contribution in [2.45, 2.75) is 11.2 Å². The van der Waals surface area contributed by atoms with Crippen molar-refractivity contribution in [3.8, 4) is 6.07 Å². The summed E-state index contributed by atoms with van der Waals surface area (Å²) in [5, 5.41) is 14.3. The number of aliphatic hydroxyl groups excluding tert-OH is 1. The zero-order valence-corrected chi connectivity index (χ0v) is 7.87. The highest BCUT2D eigenvalue weighted by molar-refractivity contribution is 6.63. The van der Waals surface area contributed by atoms with Crippen LogP contribution in [0.25, 0.3) is 0 Å². The molecule has 64 valence electrons. The molecule has 0 heterocycles. The van der Waals surface area contributed by atoms with Gasteiger partial charge in [0.05, 0.1) is 6.07 Å². The van der Waals surface area contributed by atoms with Gasteiger partial charge in [0, 0.05) is 14.0 Å². The van der Waals surface area contributed by atoms with E-state index in [4.69, 9.17) is 45.2 Å². The van der Waals surface area contributed by atoms with Crippen LogP contribution >= 0.6 is 34.8 Å². The summed E-state index contributed by atoms with van der Waals surface area (Å²) >= 11 is 14.4. The van der Waals surface area contributed by atoms with E-state index >= 15 is 0 Å². The molecule has 0 saturated carbocycles. The second-order valence-electron chi connectivity index (χ2n) is 0.471. The second kappa shape index (κ2) is 34.7. The predicted octanol–water partition coefficient (Wildman–Crippen LogP) is 1.30. The number of halogens is 3. The second-order valence-corrected chi connectivity index (χ2v) is 2.45. The first-order chi connectivity index (χ1) is 4.15. The molecule has 0 saturated heterocycles. The van der Waals surface area contributed by atoms with Gasteiger partial charge in [-0.25, -0.2) is 0 Å². The maximum Gasteiger partial charge on any atom is 0.180 e. The minimum absolute atomic E-state index is 0. The van der Waals surface area contributed by atoms with Gasteiger partial charge in [0.15, 0.2) is 4.30 Å². The Kier molecular flexibility index (Phi) is 78.0. The Morgan fingerprint density at radius 3 is 1.30 bits per heavy atom. The molecule has 0 atom stereocenters. The summed E-state index contributed by atoms with van der Waals surface area (Å²) in [7, 11) is 1.00. The van der Waals surface area contributed by atoms with Gasteiger partial charge in [-0.3, -0.25) is 0 Å². The number of nitrogens with zero attached hydrogens (tertiary/aromatic N) is 1. The minimum atomic E-state index is -0.750. The molecule has 0 rings (SSSR count). The van der Waals surface area contributed by atoms with Gasteiger partial charge in [-0.1, -0.05) is 34.8 Å². The number of rotatable bonds is 0. The van der Waals surface area contributed by atoms with Crippen LogP contribution in [0.4, 0.5) is 0 Å². The third-order valence-electron chi connectivity index (χ3n) is 0. The molecule has 0 aromatic heterocycles. The quantitative estimate of drug-likeness (QED) is 0.612. The highest BCUT2D eigenvalue weighted by Crippen LogP contribution is 2.03. The minimum Gasteiger partial charge on any atom is -0.412 e. The van der Waals surface area contributed by atoms with Crippen molar-refractivity contribution >= 4 is 34.8 Å². The highest BCUT2D eigenvalue weighted by atomic mass is 35.6. The summed E-state index contributed by atoms with van der Waals surface area (Å²) < 4.78 is -0.750. The van der Waals surface area contributed by atoms with Crippen molar-refractivity contribution in [2.75, 3.05) is 7.11 Å². The fourth-order valence-electron chi connectivity index (χ4n) is 0. The molecule has 0 unspecified atom stereocenters. The Hall–Kier alpha value is 0.280. The van der Waals surface area contributed by atoms with E-state index in [1.807, 2.05) is 0 Å². The Bertz CT molecular complexity index is 61.3. The molecule has 6 heteroatoms. The highest BCUT2D eigenvalue weighted by Gasteiger charge is 1.78. The molecule has 0 aliphatic carbocycles. The summed E-state index contributed by atoms with van der Waals surface area (Å²) in [6.07, 6.45) is 0. The van der Waals surface area contributed by atoms with Gasteiger partial charge >= 0.3 is 0 Å². The first-order valence-corrected chi connectivity index (χ1v) is 3.13. The molecule has 0 aromatic carbocycles. The predicted molar refractivity (Wildman–Crippen MR) is 44.4 cm³/mol. The number of hydrogen-bond donors (Lipinski definition) is 1. The van der Waals surface area contributed by atoms with Gasteiger partial charge in [-0.15, -0.1) is 0 Å². The molecule has 3 N–H and O–H groups in total. The van der Waals surface area contributed by atoms with E-state index in [0.717, 1.165) is 7.11 Å². The van der Waals surface area contributed by atoms with Crippen molar-refractivity contribution in [1.82, 2.24) is 0 Å². The van der Waals surface area contributed by atoms with Crippen LogP contribution < -0.4 is 0 Å². The van der Waals surface area contributed by atoms with E-state index in [9.17, 15) is 0 Å². The van der Waals surface area contributed by atoms with Gasteiger partial charge in [-0.2, -0.15) is 5.26 Å². The molecule has 10 heavy (non-hydrogen) atoms. The molecular weight excluding hydrogens is 200 g/mol. The number of nitriles is 1. The van der Waals surface area contributed by atoms with E-state index in [-0.39, 0.29) is 5.48 Å². The Morgan fingerprint density at radius 2 is 1.30 bits per heavy atom. The van der Waals surface area contributed by atoms with Crippen LogP contribution in [-0.4, -0.2) is 22.0 Å². The molecule has 3 nitrogen and oxygen atoms in total. The molecule has 0 spiro atoms. The van der Waals surface area contributed by atoms with Crippen LogP contribution in [0.15, 0.2) is 0 Å². The van der Waals surface area contributed by atoms with E-state index < -0.39 is 4.30 Å². The van der Waals surface area contributed by atoms with Crippen molar-refractivity contribution in [2.24, 2.45) is 0 Å². The van der Waals surface area contributed by atoms with Crippen molar-refractivity contribution in [3.63, 3.8) is 0 Å². The zero-order chi connectivity index (χ0) is 8.28. The van der Waals surface area contributed by atoms with Gasteiger partial charge in [0.1, 0.15) is 0 Å². The fraction of sp³-hybridized carbons (Fsp3) is 0.750. The summed E-state index contributed by atoms with van der Waals surface area (Å²) in [4.78, 5) is 0. The average Bonchev–Trinajstić information content (AvgIpc) is 1.71. The van der Waals surface area contributed by atoms with Crippen LogP contribution in [0, 0.1) is 11.3 Å². The van der Waals surface area contributed by atoms with E-state index in [1.54, 1.807) is 6.07 Å². The van der Waals surface area contributed by atoms with Crippen molar-refractivity contribution in [3.05, 3.63) is 0 Å². The molecule has 0 aliphatic heterocycles. The lowest BCUT2D eigenvalue weighted by Gasteiger charge is -1.69. The average molecular weight is 210 g/mol. The third-order valence-corrected chi connectivity index (χ3v) is 0. The van der Waals surface area contributed by atoms with Gasteiger partial charge < -0.3 is 10.6 Å². The molecular formula is C4H10Cl3NO2. The van der Waals surface area contributed by atoms with Crippen LogP contribution in [0.2, 0.25) is 0 Å². The Morgan fingerprint density at radius 1 is 1.30 bits per heavy atom. The number of alkyl halides is 3. The number of aliphatic hydroxyl groups is 1. The zero-order valence-electron chi connectivity index (χ0n) is 5.61. The topological polar surface area (TPSA) is 75.5 Å². The standard InChI is InChI=1S/C2H3N.CHCl3.CH4O.H2O/c1-2-3;2-1(3)4;1-2;/h1H3;1H;2H,1H3;1H2. The lowest BCUT2D eigenvalue weighted by Crippen LogP contribution is -1.55. The van der Waals surface area contributed by atoms with Gasteiger partial charge in [0.25, 0.3) is 0 Å². The largest absolute Gasteiger partial charge is 0.412 e. The van der Waals surface area contributed by atoms with Crippen LogP contribution in [0.1, 0.15) is 6.92 Å². The molecule has 0 radical (unpaired) electrons. The van der Waals surface area contributed by atoms with Gasteiger partial charge in [-0.05, 0) is 0 Å². The first kappa shape index (κ1) is 22.4.